The number of likely N-dealkylation sites (N-methyl/N-ethyl adjacent to an activating group) is 1. The average Bonchev–Trinajstić information content (AvgIpc) is 3.39. The van der Waals surface area contributed by atoms with E-state index in [0.29, 0.717) is 24.7 Å². The van der Waals surface area contributed by atoms with E-state index in [2.05, 4.69) is 20.4 Å². The van der Waals surface area contributed by atoms with Gasteiger partial charge in [0.2, 0.25) is 11.9 Å². The maximum Gasteiger partial charge on any atom is 0.432 e. The lowest BCUT2D eigenvalue weighted by molar-refractivity contribution is -0.141. The molecule has 2 aromatic rings. The summed E-state index contributed by atoms with van der Waals surface area (Å²) in [5, 5.41) is 8.61. The van der Waals surface area contributed by atoms with Crippen molar-refractivity contribution in [1.29, 1.82) is 0 Å². The Hall–Kier alpha value is -2.85. The summed E-state index contributed by atoms with van der Waals surface area (Å²) in [6.45, 7) is 0.656. The monoisotopic (exact) mass is 409 g/mol. The zero-order chi connectivity index (χ0) is 20.8. The Balaban J connectivity index is 1.66. The van der Waals surface area contributed by atoms with Crippen molar-refractivity contribution in [3.8, 4) is 0 Å². The van der Waals surface area contributed by atoms with E-state index >= 15 is 0 Å². The molecule has 11 heteroatoms. The third-order valence-electron chi connectivity index (χ3n) is 5.29. The fourth-order valence-electron chi connectivity index (χ4n) is 3.86. The predicted octanol–water partition coefficient (Wildman–Crippen LogP) is 2.51. The Morgan fingerprint density at radius 3 is 2.76 bits per heavy atom. The van der Waals surface area contributed by atoms with Gasteiger partial charge < -0.3 is 15.1 Å². The molecule has 4 rings (SSSR count). The van der Waals surface area contributed by atoms with Crippen LogP contribution in [0.25, 0.3) is 0 Å². The normalized spacial score (nSPS) is 18.8. The number of aromatic amines is 1. The molecule has 29 heavy (non-hydrogen) atoms. The first-order valence-electron chi connectivity index (χ1n) is 9.51. The highest BCUT2D eigenvalue weighted by Gasteiger charge is 2.35. The number of H-pyrrole nitrogens is 1. The predicted molar refractivity (Wildman–Crippen MR) is 100.0 cm³/mol. The molecule has 2 aromatic heterocycles. The van der Waals surface area contributed by atoms with E-state index in [9.17, 15) is 18.0 Å². The first kappa shape index (κ1) is 19.5. The van der Waals surface area contributed by atoms with Crippen LogP contribution in [0.4, 0.5) is 30.8 Å². The van der Waals surface area contributed by atoms with Crippen LogP contribution in [0.1, 0.15) is 36.2 Å². The number of aromatic nitrogens is 4. The average molecular weight is 409 g/mol. The number of halogens is 3. The summed E-state index contributed by atoms with van der Waals surface area (Å²) in [7, 11) is 3.43. The molecule has 1 fully saturated rings. The molecular weight excluding hydrogens is 387 g/mol. The number of nitrogens with one attached hydrogen (secondary N) is 2. The summed E-state index contributed by atoms with van der Waals surface area (Å²) in [4.78, 5) is 25.2. The van der Waals surface area contributed by atoms with Crippen LogP contribution in [-0.4, -0.2) is 57.7 Å². The SMILES string of the molecule is CN(C)C(=O)C1CCCN1c1nc2c(c(Nc3cc(C(F)(F)F)[nH]n3)n1)CCC2. The van der Waals surface area contributed by atoms with Crippen molar-refractivity contribution in [2.75, 3.05) is 30.9 Å². The van der Waals surface area contributed by atoms with Gasteiger partial charge in [-0.2, -0.15) is 23.3 Å². The summed E-state index contributed by atoms with van der Waals surface area (Å²) in [6.07, 6.45) is -0.517. The van der Waals surface area contributed by atoms with Gasteiger partial charge in [0.15, 0.2) is 5.82 Å². The van der Waals surface area contributed by atoms with Gasteiger partial charge in [-0.15, -0.1) is 0 Å². The smallest absolute Gasteiger partial charge is 0.347 e. The van der Waals surface area contributed by atoms with Crippen molar-refractivity contribution in [3.63, 3.8) is 0 Å². The van der Waals surface area contributed by atoms with Gasteiger partial charge in [-0.05, 0) is 32.1 Å². The van der Waals surface area contributed by atoms with E-state index in [1.807, 2.05) is 10.00 Å². The molecule has 8 nitrogen and oxygen atoms in total. The molecule has 0 bridgehead atoms. The number of rotatable bonds is 4. The van der Waals surface area contributed by atoms with Crippen LogP contribution in [0.2, 0.25) is 0 Å². The molecule has 1 aliphatic carbocycles. The first-order valence-corrected chi connectivity index (χ1v) is 9.51. The number of nitrogens with zero attached hydrogens (tertiary/aromatic N) is 5. The maximum atomic E-state index is 12.8. The van der Waals surface area contributed by atoms with Crippen molar-refractivity contribution in [3.05, 3.63) is 23.0 Å². The van der Waals surface area contributed by atoms with Crippen molar-refractivity contribution < 1.29 is 18.0 Å². The summed E-state index contributed by atoms with van der Waals surface area (Å²) >= 11 is 0. The topological polar surface area (TPSA) is 90.0 Å². The van der Waals surface area contributed by atoms with Gasteiger partial charge >= 0.3 is 6.18 Å². The second-order valence-electron chi connectivity index (χ2n) is 7.52. The van der Waals surface area contributed by atoms with E-state index in [0.717, 1.165) is 43.0 Å². The van der Waals surface area contributed by atoms with Crippen LogP contribution in [-0.2, 0) is 23.8 Å². The number of carbonyl (C=O) groups excluding carboxylic acids is 1. The molecule has 1 atom stereocenters. The minimum Gasteiger partial charge on any atom is -0.347 e. The lowest BCUT2D eigenvalue weighted by Gasteiger charge is -2.27. The molecule has 2 N–H and O–H groups in total. The van der Waals surface area contributed by atoms with Gasteiger partial charge in [-0.3, -0.25) is 9.89 Å². The highest BCUT2D eigenvalue weighted by Crippen LogP contribution is 2.34. The molecule has 1 unspecified atom stereocenters. The molecule has 2 aliphatic rings. The minimum absolute atomic E-state index is 0.0109. The van der Waals surface area contributed by atoms with Crippen molar-refractivity contribution in [1.82, 2.24) is 25.1 Å². The lowest BCUT2D eigenvalue weighted by atomic mass is 10.2. The first-order chi connectivity index (χ1) is 13.7. The zero-order valence-corrected chi connectivity index (χ0v) is 16.2. The molecule has 0 radical (unpaired) electrons. The van der Waals surface area contributed by atoms with Gasteiger partial charge in [-0.1, -0.05) is 0 Å². The number of hydrogen-bond acceptors (Lipinski definition) is 6. The second-order valence-corrected chi connectivity index (χ2v) is 7.52. The van der Waals surface area contributed by atoms with E-state index in [1.165, 1.54) is 0 Å². The molecule has 156 valence electrons. The van der Waals surface area contributed by atoms with Gasteiger partial charge in [-0.25, -0.2) is 4.98 Å². The van der Waals surface area contributed by atoms with Gasteiger partial charge in [0.05, 0.1) is 5.69 Å². The number of hydrogen-bond donors (Lipinski definition) is 2. The highest BCUT2D eigenvalue weighted by atomic mass is 19.4. The molecular formula is C18H22F3N7O. The Bertz CT molecular complexity index is 925. The summed E-state index contributed by atoms with van der Waals surface area (Å²) in [6, 6.07) is 0.580. The van der Waals surface area contributed by atoms with Gasteiger partial charge in [0.1, 0.15) is 17.6 Å². The van der Waals surface area contributed by atoms with Crippen molar-refractivity contribution in [2.24, 2.45) is 0 Å². The fourth-order valence-corrected chi connectivity index (χ4v) is 3.86. The van der Waals surface area contributed by atoms with E-state index < -0.39 is 11.9 Å². The van der Waals surface area contributed by atoms with Crippen LogP contribution in [0.3, 0.4) is 0 Å². The number of fused-ring (bicyclic) bond motifs is 1. The van der Waals surface area contributed by atoms with Crippen LogP contribution in [0.15, 0.2) is 6.07 Å². The molecule has 0 aromatic carbocycles. The number of carbonyl (C=O) groups is 1. The van der Waals surface area contributed by atoms with Crippen LogP contribution < -0.4 is 10.2 Å². The minimum atomic E-state index is -4.50. The third kappa shape index (κ3) is 3.73. The maximum absolute atomic E-state index is 12.8. The highest BCUT2D eigenvalue weighted by molar-refractivity contribution is 5.85. The number of aryl methyl sites for hydroxylation is 1. The lowest BCUT2D eigenvalue weighted by Crippen LogP contribution is -2.43. The fraction of sp³-hybridized carbons (Fsp3) is 0.556. The molecule has 1 amide bonds. The Morgan fingerprint density at radius 2 is 2.07 bits per heavy atom. The second kappa shape index (κ2) is 7.20. The zero-order valence-electron chi connectivity index (χ0n) is 16.2. The van der Waals surface area contributed by atoms with E-state index in [4.69, 9.17) is 0 Å². The van der Waals surface area contributed by atoms with Crippen LogP contribution >= 0.6 is 0 Å². The standard InChI is InChI=1S/C18H22F3N7O/c1-27(2)16(29)12-7-4-8-28(12)17-22-11-6-3-5-10(11)15(24-17)23-14-9-13(25-26-14)18(19,20)21/h9,12H,3-8H2,1-2H3,(H2,22,23,24,25,26). The Morgan fingerprint density at radius 1 is 1.28 bits per heavy atom. The molecule has 1 saturated heterocycles. The summed E-state index contributed by atoms with van der Waals surface area (Å²) < 4.78 is 38.5. The molecule has 3 heterocycles. The summed E-state index contributed by atoms with van der Waals surface area (Å²) in [5.41, 5.74) is 0.828. The van der Waals surface area contributed by atoms with Crippen LogP contribution in [0.5, 0.6) is 0 Å². The largest absolute Gasteiger partial charge is 0.432 e. The van der Waals surface area contributed by atoms with Gasteiger partial charge in [0.25, 0.3) is 0 Å². The Kier molecular flexibility index (Phi) is 4.83. The number of alkyl halides is 3. The number of anilines is 3. The number of amides is 1. The van der Waals surface area contributed by atoms with E-state index in [1.54, 1.807) is 19.0 Å². The summed E-state index contributed by atoms with van der Waals surface area (Å²) in [5.74, 6) is 0.907. The molecule has 0 spiro atoms. The quantitative estimate of drug-likeness (QED) is 0.807. The van der Waals surface area contributed by atoms with Crippen LogP contribution in [0, 0.1) is 0 Å². The molecule has 0 saturated carbocycles. The Labute approximate surface area is 165 Å². The van der Waals surface area contributed by atoms with Gasteiger partial charge in [0, 0.05) is 32.3 Å². The van der Waals surface area contributed by atoms with E-state index in [-0.39, 0.29) is 17.8 Å². The third-order valence-corrected chi connectivity index (χ3v) is 5.29. The molecule has 1 aliphatic heterocycles. The van der Waals surface area contributed by atoms with Crippen molar-refractivity contribution >= 4 is 23.5 Å². The van der Waals surface area contributed by atoms with Crippen molar-refractivity contribution in [2.45, 2.75) is 44.3 Å².